The predicted octanol–water partition coefficient (Wildman–Crippen LogP) is 6.29. The van der Waals surface area contributed by atoms with Gasteiger partial charge in [0.25, 0.3) is 5.91 Å². The number of hydrogen-bond acceptors (Lipinski definition) is 3. The van der Waals surface area contributed by atoms with Crippen LogP contribution in [0.4, 0.5) is 18.9 Å². The Balaban J connectivity index is 1.33. The first kappa shape index (κ1) is 22.0. The number of aryl methyl sites for hydroxylation is 1. The summed E-state index contributed by atoms with van der Waals surface area (Å²) in [5.41, 5.74) is 2.45. The first-order chi connectivity index (χ1) is 17.4. The van der Waals surface area contributed by atoms with Gasteiger partial charge in [-0.3, -0.25) is 4.79 Å². The second-order valence-electron chi connectivity index (χ2n) is 8.45. The summed E-state index contributed by atoms with van der Waals surface area (Å²) >= 11 is 0. The largest absolute Gasteiger partial charge is 0.469 e. The number of furan rings is 1. The lowest BCUT2D eigenvalue weighted by atomic mass is 9.94. The van der Waals surface area contributed by atoms with E-state index in [1.165, 1.54) is 10.9 Å². The van der Waals surface area contributed by atoms with Crippen LogP contribution in [0.3, 0.4) is 0 Å². The number of carbonyl (C=O) groups is 1. The minimum atomic E-state index is -4.58. The van der Waals surface area contributed by atoms with Gasteiger partial charge in [-0.15, -0.1) is 0 Å². The van der Waals surface area contributed by atoms with Crippen LogP contribution < -0.4 is 5.32 Å². The van der Waals surface area contributed by atoms with Gasteiger partial charge >= 0.3 is 6.18 Å². The molecule has 1 N–H and O–H groups in total. The fourth-order valence-corrected chi connectivity index (χ4v) is 4.61. The Hall–Kier alpha value is -4.53. The second kappa shape index (κ2) is 8.30. The molecule has 0 atom stereocenters. The fraction of sp³-hybridized carbons (Fsp3) is 0.111. The van der Waals surface area contributed by atoms with Crippen molar-refractivity contribution in [3.63, 3.8) is 0 Å². The molecule has 0 saturated heterocycles. The number of para-hydroxylation sites is 2. The standard InChI is InChI=1S/C27H19F3N4O2/c28-27(29,30)25-20-11-12-23-19(13-16-36-23)24(20)34(32-25)18-9-7-17(8-10-18)26(35)31-21-5-1-2-6-22(21)33-14-3-4-15-33/h1-10,13-16H,11-12H2,(H,31,35). The Kier molecular flexibility index (Phi) is 5.06. The lowest BCUT2D eigenvalue weighted by Gasteiger charge is -2.15. The van der Waals surface area contributed by atoms with Gasteiger partial charge in [-0.05, 0) is 61.0 Å². The Bertz CT molecular complexity index is 1560. The van der Waals surface area contributed by atoms with E-state index in [0.717, 1.165) is 5.69 Å². The molecule has 36 heavy (non-hydrogen) atoms. The number of nitrogens with one attached hydrogen (secondary N) is 1. The molecule has 0 radical (unpaired) electrons. The Labute approximate surface area is 203 Å². The van der Waals surface area contributed by atoms with Gasteiger partial charge in [0.05, 0.1) is 29.0 Å². The predicted molar refractivity (Wildman–Crippen MR) is 127 cm³/mol. The van der Waals surface area contributed by atoms with E-state index in [9.17, 15) is 18.0 Å². The van der Waals surface area contributed by atoms with Crippen LogP contribution in [0.1, 0.15) is 27.4 Å². The van der Waals surface area contributed by atoms with Crippen LogP contribution in [0.25, 0.3) is 22.6 Å². The maximum atomic E-state index is 13.8. The summed E-state index contributed by atoms with van der Waals surface area (Å²) in [5, 5.41) is 6.86. The van der Waals surface area contributed by atoms with E-state index < -0.39 is 11.9 Å². The highest BCUT2D eigenvalue weighted by Crippen LogP contribution is 2.42. The molecule has 0 saturated carbocycles. The van der Waals surface area contributed by atoms with Crippen LogP contribution in [0.5, 0.6) is 0 Å². The van der Waals surface area contributed by atoms with Crippen molar-refractivity contribution >= 4 is 11.6 Å². The smallest absolute Gasteiger partial charge is 0.435 e. The van der Waals surface area contributed by atoms with Crippen molar-refractivity contribution in [1.82, 2.24) is 14.3 Å². The van der Waals surface area contributed by atoms with Gasteiger partial charge < -0.3 is 14.3 Å². The maximum absolute atomic E-state index is 13.8. The van der Waals surface area contributed by atoms with Crippen LogP contribution in [-0.2, 0) is 19.0 Å². The molecule has 1 amide bonds. The summed E-state index contributed by atoms with van der Waals surface area (Å²) in [6, 6.07) is 19.2. The zero-order chi connectivity index (χ0) is 24.9. The van der Waals surface area contributed by atoms with E-state index in [4.69, 9.17) is 4.42 Å². The molecule has 0 aliphatic heterocycles. The highest BCUT2D eigenvalue weighted by Gasteiger charge is 2.41. The summed E-state index contributed by atoms with van der Waals surface area (Å²) in [7, 11) is 0. The normalized spacial score (nSPS) is 12.8. The Morgan fingerprint density at radius 1 is 0.944 bits per heavy atom. The van der Waals surface area contributed by atoms with Crippen molar-refractivity contribution in [3.05, 3.63) is 108 Å². The molecule has 3 heterocycles. The van der Waals surface area contributed by atoms with Gasteiger partial charge in [-0.1, -0.05) is 12.1 Å². The minimum Gasteiger partial charge on any atom is -0.469 e. The number of anilines is 1. The third-order valence-corrected chi connectivity index (χ3v) is 6.26. The van der Waals surface area contributed by atoms with Gasteiger partial charge in [0, 0.05) is 35.5 Å². The Morgan fingerprint density at radius 2 is 1.69 bits per heavy atom. The molecule has 1 aliphatic rings. The highest BCUT2D eigenvalue weighted by atomic mass is 19.4. The lowest BCUT2D eigenvalue weighted by Crippen LogP contribution is -2.14. The average molecular weight is 488 g/mol. The molecule has 0 fully saturated rings. The average Bonchev–Trinajstić information content (AvgIpc) is 3.63. The number of aromatic nitrogens is 3. The molecular weight excluding hydrogens is 469 g/mol. The maximum Gasteiger partial charge on any atom is 0.435 e. The topological polar surface area (TPSA) is 65.0 Å². The van der Waals surface area contributed by atoms with E-state index in [1.54, 1.807) is 36.4 Å². The first-order valence-corrected chi connectivity index (χ1v) is 11.3. The van der Waals surface area contributed by atoms with Crippen molar-refractivity contribution in [1.29, 1.82) is 0 Å². The highest BCUT2D eigenvalue weighted by molar-refractivity contribution is 6.05. The van der Waals surface area contributed by atoms with Crippen LogP contribution in [0, 0.1) is 0 Å². The first-order valence-electron chi connectivity index (χ1n) is 11.3. The number of halogens is 3. The molecule has 0 bridgehead atoms. The summed E-state index contributed by atoms with van der Waals surface area (Å²) in [4.78, 5) is 13.0. The van der Waals surface area contributed by atoms with Crippen molar-refractivity contribution in [2.24, 2.45) is 0 Å². The van der Waals surface area contributed by atoms with E-state index in [1.807, 2.05) is 47.3 Å². The van der Waals surface area contributed by atoms with E-state index in [-0.39, 0.29) is 17.9 Å². The van der Waals surface area contributed by atoms with Gasteiger partial charge in [-0.25, -0.2) is 4.68 Å². The van der Waals surface area contributed by atoms with Gasteiger partial charge in [0.15, 0.2) is 5.69 Å². The molecule has 0 unspecified atom stereocenters. The monoisotopic (exact) mass is 488 g/mol. The van der Waals surface area contributed by atoms with Crippen molar-refractivity contribution in [2.75, 3.05) is 5.32 Å². The molecule has 9 heteroatoms. The minimum absolute atomic E-state index is 0.153. The molecule has 0 spiro atoms. The lowest BCUT2D eigenvalue weighted by molar-refractivity contribution is -0.142. The van der Waals surface area contributed by atoms with Gasteiger partial charge in [0.1, 0.15) is 5.76 Å². The molecule has 180 valence electrons. The Morgan fingerprint density at radius 3 is 2.44 bits per heavy atom. The van der Waals surface area contributed by atoms with E-state index >= 15 is 0 Å². The molecule has 2 aromatic carbocycles. The summed E-state index contributed by atoms with van der Waals surface area (Å²) < 4.78 is 49.9. The van der Waals surface area contributed by atoms with Crippen LogP contribution in [0.15, 0.2) is 89.8 Å². The van der Waals surface area contributed by atoms with Crippen LogP contribution >= 0.6 is 0 Å². The quantitative estimate of drug-likeness (QED) is 0.323. The zero-order valence-electron chi connectivity index (χ0n) is 18.8. The zero-order valence-corrected chi connectivity index (χ0v) is 18.8. The van der Waals surface area contributed by atoms with Crippen molar-refractivity contribution in [3.8, 4) is 22.6 Å². The fourth-order valence-electron chi connectivity index (χ4n) is 4.61. The summed E-state index contributed by atoms with van der Waals surface area (Å²) in [6.07, 6.45) is 1.23. The van der Waals surface area contributed by atoms with Crippen LogP contribution in [0.2, 0.25) is 0 Å². The molecule has 6 rings (SSSR count). The van der Waals surface area contributed by atoms with Crippen molar-refractivity contribution in [2.45, 2.75) is 19.0 Å². The summed E-state index contributed by atoms with van der Waals surface area (Å²) in [6.45, 7) is 0. The molecule has 5 aromatic rings. The molecule has 6 nitrogen and oxygen atoms in total. The number of fused-ring (bicyclic) bond motifs is 3. The number of alkyl halides is 3. The van der Waals surface area contributed by atoms with Gasteiger partial charge in [-0.2, -0.15) is 18.3 Å². The van der Waals surface area contributed by atoms with Crippen LogP contribution in [-0.4, -0.2) is 20.3 Å². The van der Waals surface area contributed by atoms with E-state index in [0.29, 0.717) is 40.4 Å². The van der Waals surface area contributed by atoms with E-state index in [2.05, 4.69) is 10.4 Å². The third kappa shape index (κ3) is 3.69. The number of carbonyl (C=O) groups excluding carboxylic acids is 1. The number of amides is 1. The second-order valence-corrected chi connectivity index (χ2v) is 8.45. The number of nitrogens with zero attached hydrogens (tertiary/aromatic N) is 3. The SMILES string of the molecule is O=C(Nc1ccccc1-n1cccc1)c1ccc(-n2nc(C(F)(F)F)c3c2-c2ccoc2CC3)cc1. The van der Waals surface area contributed by atoms with Crippen molar-refractivity contribution < 1.29 is 22.4 Å². The molecule has 3 aromatic heterocycles. The number of benzene rings is 2. The molecular formula is C27H19F3N4O2. The number of rotatable bonds is 4. The number of hydrogen-bond donors (Lipinski definition) is 1. The molecule has 1 aliphatic carbocycles. The van der Waals surface area contributed by atoms with Gasteiger partial charge in [0.2, 0.25) is 0 Å². The summed E-state index contributed by atoms with van der Waals surface area (Å²) in [5.74, 6) is 0.298. The third-order valence-electron chi connectivity index (χ3n) is 6.26.